The summed E-state index contributed by atoms with van der Waals surface area (Å²) >= 11 is 0. The summed E-state index contributed by atoms with van der Waals surface area (Å²) in [7, 11) is -3.26. The van der Waals surface area contributed by atoms with E-state index < -0.39 is 33.2 Å². The van der Waals surface area contributed by atoms with Gasteiger partial charge in [0.2, 0.25) is 0 Å². The molecule has 1 N–H and O–H groups in total. The zero-order valence-electron chi connectivity index (χ0n) is 14.2. The van der Waals surface area contributed by atoms with Crippen LogP contribution in [0.15, 0.2) is 48.5 Å². The SMILES string of the molecule is CS(=O)(=O)Cc1cccc(C(=O)OCC(=O)Nc2ccccc2[N+](=O)[O-])c1. The Morgan fingerprint density at radius 1 is 1.15 bits per heavy atom. The monoisotopic (exact) mass is 392 g/mol. The van der Waals surface area contributed by atoms with Crippen LogP contribution in [0.25, 0.3) is 0 Å². The Balaban J connectivity index is 1.99. The number of nitro benzene ring substituents is 1. The van der Waals surface area contributed by atoms with Crippen LogP contribution in [0, 0.1) is 10.1 Å². The highest BCUT2D eigenvalue weighted by atomic mass is 32.2. The van der Waals surface area contributed by atoms with Gasteiger partial charge in [-0.3, -0.25) is 14.9 Å². The van der Waals surface area contributed by atoms with Crippen molar-refractivity contribution >= 4 is 33.1 Å². The van der Waals surface area contributed by atoms with Crippen LogP contribution in [0.1, 0.15) is 15.9 Å². The number of nitro groups is 1. The van der Waals surface area contributed by atoms with Gasteiger partial charge >= 0.3 is 5.97 Å². The lowest BCUT2D eigenvalue weighted by atomic mass is 10.1. The summed E-state index contributed by atoms with van der Waals surface area (Å²) < 4.78 is 27.5. The average molecular weight is 392 g/mol. The number of carbonyl (C=O) groups is 2. The number of para-hydroxylation sites is 2. The molecule has 10 heteroatoms. The van der Waals surface area contributed by atoms with Crippen molar-refractivity contribution in [1.82, 2.24) is 0 Å². The second-order valence-electron chi connectivity index (χ2n) is 5.67. The first-order valence-corrected chi connectivity index (χ1v) is 9.69. The molecule has 0 aliphatic rings. The molecule has 2 aromatic carbocycles. The van der Waals surface area contributed by atoms with E-state index in [1.54, 1.807) is 6.07 Å². The van der Waals surface area contributed by atoms with Gasteiger partial charge < -0.3 is 10.1 Å². The van der Waals surface area contributed by atoms with Gasteiger partial charge in [0.25, 0.3) is 11.6 Å². The van der Waals surface area contributed by atoms with Crippen LogP contribution in [0.3, 0.4) is 0 Å². The maximum absolute atomic E-state index is 12.0. The first-order valence-electron chi connectivity index (χ1n) is 7.63. The van der Waals surface area contributed by atoms with Gasteiger partial charge in [-0.25, -0.2) is 13.2 Å². The molecule has 0 aliphatic heterocycles. The van der Waals surface area contributed by atoms with Crippen molar-refractivity contribution in [3.8, 4) is 0 Å². The first-order chi connectivity index (χ1) is 12.7. The number of hydrogen-bond acceptors (Lipinski definition) is 7. The minimum atomic E-state index is -3.26. The molecule has 0 atom stereocenters. The summed E-state index contributed by atoms with van der Waals surface area (Å²) in [5.41, 5.74) is 0.204. The second-order valence-corrected chi connectivity index (χ2v) is 7.81. The molecule has 0 aliphatic carbocycles. The standard InChI is InChI=1S/C17H16N2O7S/c1-27(24,25)11-12-5-4-6-13(9-12)17(21)26-10-16(20)18-14-7-2-3-8-15(14)19(22)23/h2-9H,10-11H2,1H3,(H,18,20). The molecule has 0 fully saturated rings. The highest BCUT2D eigenvalue weighted by molar-refractivity contribution is 7.89. The molecule has 0 unspecified atom stereocenters. The topological polar surface area (TPSA) is 133 Å². The summed E-state index contributed by atoms with van der Waals surface area (Å²) in [6.07, 6.45) is 1.07. The summed E-state index contributed by atoms with van der Waals surface area (Å²) in [5.74, 6) is -1.79. The van der Waals surface area contributed by atoms with E-state index in [1.165, 1.54) is 42.5 Å². The molecule has 0 saturated heterocycles. The van der Waals surface area contributed by atoms with Crippen LogP contribution < -0.4 is 5.32 Å². The molecule has 0 heterocycles. The number of rotatable bonds is 7. The predicted molar refractivity (Wildman–Crippen MR) is 97.0 cm³/mol. The number of ether oxygens (including phenoxy) is 1. The van der Waals surface area contributed by atoms with Crippen molar-refractivity contribution < 1.29 is 27.7 Å². The van der Waals surface area contributed by atoms with Crippen LogP contribution in [0.2, 0.25) is 0 Å². The largest absolute Gasteiger partial charge is 0.452 e. The lowest BCUT2D eigenvalue weighted by Crippen LogP contribution is -2.21. The molecule has 0 radical (unpaired) electrons. The fourth-order valence-corrected chi connectivity index (χ4v) is 3.02. The van der Waals surface area contributed by atoms with E-state index in [2.05, 4.69) is 5.32 Å². The lowest BCUT2D eigenvalue weighted by Gasteiger charge is -2.08. The Kier molecular flexibility index (Phi) is 6.24. The second kappa shape index (κ2) is 8.41. The van der Waals surface area contributed by atoms with E-state index in [0.29, 0.717) is 5.56 Å². The highest BCUT2D eigenvalue weighted by Gasteiger charge is 2.16. The van der Waals surface area contributed by atoms with E-state index in [4.69, 9.17) is 4.74 Å². The smallest absolute Gasteiger partial charge is 0.338 e. The van der Waals surface area contributed by atoms with Gasteiger partial charge in [-0.05, 0) is 23.8 Å². The number of hydrogen-bond donors (Lipinski definition) is 1. The van der Waals surface area contributed by atoms with Gasteiger partial charge in [0.15, 0.2) is 16.4 Å². The third-order valence-corrected chi connectivity index (χ3v) is 4.16. The van der Waals surface area contributed by atoms with Crippen LogP contribution in [0.4, 0.5) is 11.4 Å². The van der Waals surface area contributed by atoms with Crippen molar-refractivity contribution in [2.45, 2.75) is 5.75 Å². The molecular weight excluding hydrogens is 376 g/mol. The molecule has 0 aromatic heterocycles. The predicted octanol–water partition coefficient (Wildman–Crippen LogP) is 1.93. The quantitative estimate of drug-likeness (QED) is 0.432. The van der Waals surface area contributed by atoms with Crippen LogP contribution in [-0.4, -0.2) is 38.1 Å². The van der Waals surface area contributed by atoms with Crippen LogP contribution in [-0.2, 0) is 25.1 Å². The van der Waals surface area contributed by atoms with E-state index in [0.717, 1.165) is 6.26 Å². The Bertz CT molecular complexity index is 986. The number of benzene rings is 2. The molecule has 0 saturated carbocycles. The Labute approximate surface area is 155 Å². The van der Waals surface area contributed by atoms with E-state index in [-0.39, 0.29) is 22.7 Å². The molecular formula is C17H16N2O7S. The number of carbonyl (C=O) groups excluding carboxylic acids is 2. The molecule has 2 rings (SSSR count). The molecule has 9 nitrogen and oxygen atoms in total. The van der Waals surface area contributed by atoms with Crippen LogP contribution in [0.5, 0.6) is 0 Å². The summed E-state index contributed by atoms with van der Waals surface area (Å²) in [4.78, 5) is 34.2. The van der Waals surface area contributed by atoms with Gasteiger partial charge in [-0.15, -0.1) is 0 Å². The molecule has 0 bridgehead atoms. The van der Waals surface area contributed by atoms with E-state index in [9.17, 15) is 28.1 Å². The highest BCUT2D eigenvalue weighted by Crippen LogP contribution is 2.22. The van der Waals surface area contributed by atoms with Gasteiger partial charge in [-0.2, -0.15) is 0 Å². The van der Waals surface area contributed by atoms with E-state index >= 15 is 0 Å². The maximum Gasteiger partial charge on any atom is 0.338 e. The van der Waals surface area contributed by atoms with Gasteiger partial charge in [-0.1, -0.05) is 24.3 Å². The Hall–Kier alpha value is -3.27. The summed E-state index contributed by atoms with van der Waals surface area (Å²) in [5, 5.41) is 13.2. The van der Waals surface area contributed by atoms with Crippen molar-refractivity contribution in [2.75, 3.05) is 18.2 Å². The van der Waals surface area contributed by atoms with Gasteiger partial charge in [0.05, 0.1) is 16.2 Å². The Morgan fingerprint density at radius 3 is 2.52 bits per heavy atom. The number of nitrogens with one attached hydrogen (secondary N) is 1. The fraction of sp³-hybridized carbons (Fsp3) is 0.176. The number of sulfone groups is 1. The first kappa shape index (κ1) is 20.0. The third kappa shape index (κ3) is 6.19. The third-order valence-electron chi connectivity index (χ3n) is 3.30. The van der Waals surface area contributed by atoms with Crippen LogP contribution >= 0.6 is 0 Å². The number of anilines is 1. The molecule has 0 spiro atoms. The number of esters is 1. The maximum atomic E-state index is 12.0. The van der Waals surface area contributed by atoms with Crippen molar-refractivity contribution in [1.29, 1.82) is 0 Å². The zero-order chi connectivity index (χ0) is 20.0. The summed E-state index contributed by atoms with van der Waals surface area (Å²) in [6.45, 7) is -0.652. The molecule has 2 aromatic rings. The van der Waals surface area contributed by atoms with Gasteiger partial charge in [0, 0.05) is 12.3 Å². The average Bonchev–Trinajstić information content (AvgIpc) is 2.58. The van der Waals surface area contributed by atoms with E-state index in [1.807, 2.05) is 0 Å². The van der Waals surface area contributed by atoms with Gasteiger partial charge in [0.1, 0.15) is 5.69 Å². The lowest BCUT2D eigenvalue weighted by molar-refractivity contribution is -0.383. The number of nitrogens with zero attached hydrogens (tertiary/aromatic N) is 1. The van der Waals surface area contributed by atoms with Crippen molar-refractivity contribution in [3.05, 3.63) is 69.8 Å². The number of amides is 1. The minimum absolute atomic E-state index is 0.0151. The van der Waals surface area contributed by atoms with Crippen molar-refractivity contribution in [3.63, 3.8) is 0 Å². The minimum Gasteiger partial charge on any atom is -0.452 e. The molecule has 1 amide bonds. The van der Waals surface area contributed by atoms with Crippen molar-refractivity contribution in [2.24, 2.45) is 0 Å². The fourth-order valence-electron chi connectivity index (χ4n) is 2.23. The Morgan fingerprint density at radius 2 is 1.85 bits per heavy atom. The normalized spacial score (nSPS) is 10.9. The summed E-state index contributed by atoms with van der Waals surface area (Å²) in [6, 6.07) is 11.4. The molecule has 142 valence electrons. The molecule has 27 heavy (non-hydrogen) atoms. The zero-order valence-corrected chi connectivity index (χ0v) is 15.1.